The van der Waals surface area contributed by atoms with Crippen molar-refractivity contribution in [1.29, 1.82) is 0 Å². The summed E-state index contributed by atoms with van der Waals surface area (Å²) in [5.74, 6) is 1.77. The van der Waals surface area contributed by atoms with Crippen molar-refractivity contribution in [3.05, 3.63) is 77.9 Å². The van der Waals surface area contributed by atoms with Crippen LogP contribution in [-0.4, -0.2) is 48.8 Å². The highest BCUT2D eigenvalue weighted by Gasteiger charge is 2.21. The molecule has 0 saturated carbocycles. The average Bonchev–Trinajstić information content (AvgIpc) is 3.61. The number of anilines is 2. The number of nitrogen functional groups attached to an aromatic ring is 1. The quantitative estimate of drug-likeness (QED) is 0.249. The van der Waals surface area contributed by atoms with Crippen LogP contribution in [-0.2, 0) is 23.2 Å². The minimum Gasteiger partial charge on any atom is -0.383 e. The van der Waals surface area contributed by atoms with Gasteiger partial charge in [0.1, 0.15) is 23.6 Å². The fraction of sp³-hybridized carbons (Fsp3) is 0.364. The number of nitrogens with two attached hydrogens (primary N) is 1. The van der Waals surface area contributed by atoms with E-state index in [1.807, 2.05) is 51.1 Å². The largest absolute Gasteiger partial charge is 0.383 e. The zero-order valence-electron chi connectivity index (χ0n) is 25.2. The second-order valence-electron chi connectivity index (χ2n) is 12.6. The molecule has 1 aliphatic heterocycles. The normalized spacial score (nSPS) is 14.8. The van der Waals surface area contributed by atoms with E-state index in [0.29, 0.717) is 28.2 Å². The molecule has 2 aromatic carbocycles. The van der Waals surface area contributed by atoms with Crippen LogP contribution < -0.4 is 11.1 Å². The number of amides is 1. The van der Waals surface area contributed by atoms with Gasteiger partial charge in [-0.1, -0.05) is 57.1 Å². The van der Waals surface area contributed by atoms with Gasteiger partial charge < -0.3 is 15.6 Å². The first kappa shape index (κ1) is 28.5. The van der Waals surface area contributed by atoms with Crippen molar-refractivity contribution < 1.29 is 9.32 Å². The average molecular weight is 579 g/mol. The number of fused-ring (bicyclic) bond motifs is 1. The van der Waals surface area contributed by atoms with E-state index in [1.54, 1.807) is 4.68 Å². The SMILES string of the molecule is CC1CCN(Cc2ccc(-c3nn(-c4ccc(NC(=O)Cc5cc(C(C)(C)C)on5)cc4)c4ncnc(N)c34)cc2)CC1. The molecule has 1 saturated heterocycles. The van der Waals surface area contributed by atoms with E-state index in [0.717, 1.165) is 48.3 Å². The maximum atomic E-state index is 12.7. The van der Waals surface area contributed by atoms with Crippen LogP contribution in [0.4, 0.5) is 11.5 Å². The van der Waals surface area contributed by atoms with Crippen molar-refractivity contribution in [1.82, 2.24) is 29.8 Å². The maximum Gasteiger partial charge on any atom is 0.230 e. The van der Waals surface area contributed by atoms with Gasteiger partial charge in [0.25, 0.3) is 0 Å². The van der Waals surface area contributed by atoms with Gasteiger partial charge in [0.2, 0.25) is 5.91 Å². The Bertz CT molecular complexity index is 1720. The van der Waals surface area contributed by atoms with Crippen molar-refractivity contribution in [3.8, 4) is 16.9 Å². The van der Waals surface area contributed by atoms with Crippen molar-refractivity contribution in [2.24, 2.45) is 5.92 Å². The minimum atomic E-state index is -0.174. The Balaban J connectivity index is 1.19. The molecular formula is C33H38N8O2. The number of piperidine rings is 1. The van der Waals surface area contributed by atoms with Gasteiger partial charge in [-0.3, -0.25) is 9.69 Å². The van der Waals surface area contributed by atoms with Crippen molar-refractivity contribution in [2.75, 3.05) is 24.1 Å². The molecule has 6 rings (SSSR count). The standard InChI is InChI=1S/C33H38N8O2/c1-21-13-15-40(16-14-21)19-22-5-7-23(8-6-22)30-29-31(34)35-20-36-32(29)41(38-30)26-11-9-24(10-12-26)37-28(42)18-25-17-27(43-39-25)33(2,3)4/h5-12,17,20-21H,13-16,18-19H2,1-4H3,(H,37,42)(H2,34,35,36). The second-order valence-corrected chi connectivity index (χ2v) is 12.6. The van der Waals surface area contributed by atoms with Crippen LogP contribution in [0.15, 0.2) is 65.4 Å². The Kier molecular flexibility index (Phi) is 7.70. The number of nitrogens with one attached hydrogen (secondary N) is 1. The molecule has 0 unspecified atom stereocenters. The van der Waals surface area contributed by atoms with Crippen molar-refractivity contribution in [3.63, 3.8) is 0 Å². The van der Waals surface area contributed by atoms with Gasteiger partial charge in [0, 0.05) is 29.3 Å². The van der Waals surface area contributed by atoms with Gasteiger partial charge in [-0.25, -0.2) is 14.6 Å². The van der Waals surface area contributed by atoms with E-state index in [4.69, 9.17) is 15.4 Å². The number of rotatable bonds is 7. The molecule has 5 aromatic rings. The van der Waals surface area contributed by atoms with Gasteiger partial charge >= 0.3 is 0 Å². The summed E-state index contributed by atoms with van der Waals surface area (Å²) < 4.78 is 7.17. The van der Waals surface area contributed by atoms with Crippen LogP contribution in [0.3, 0.4) is 0 Å². The molecule has 0 aliphatic carbocycles. The lowest BCUT2D eigenvalue weighted by atomic mass is 9.93. The van der Waals surface area contributed by atoms with Crippen LogP contribution in [0.1, 0.15) is 57.6 Å². The Labute approximate surface area is 251 Å². The first-order valence-electron chi connectivity index (χ1n) is 14.8. The fourth-order valence-electron chi connectivity index (χ4n) is 5.41. The van der Waals surface area contributed by atoms with E-state index < -0.39 is 0 Å². The van der Waals surface area contributed by atoms with Crippen molar-refractivity contribution >= 4 is 28.4 Å². The molecule has 1 amide bonds. The summed E-state index contributed by atoms with van der Waals surface area (Å²) in [6, 6.07) is 17.8. The molecule has 43 heavy (non-hydrogen) atoms. The number of carbonyl (C=O) groups is 1. The highest BCUT2D eigenvalue weighted by Crippen LogP contribution is 2.32. The summed E-state index contributed by atoms with van der Waals surface area (Å²) in [5, 5.41) is 12.6. The summed E-state index contributed by atoms with van der Waals surface area (Å²) >= 11 is 0. The molecular weight excluding hydrogens is 540 g/mol. The van der Waals surface area contributed by atoms with Crippen LogP contribution in [0, 0.1) is 5.92 Å². The van der Waals surface area contributed by atoms with E-state index in [2.05, 4.69) is 56.5 Å². The second kappa shape index (κ2) is 11.6. The predicted molar refractivity (Wildman–Crippen MR) is 168 cm³/mol. The third-order valence-corrected chi connectivity index (χ3v) is 8.04. The molecule has 3 N–H and O–H groups in total. The van der Waals surface area contributed by atoms with Crippen LogP contribution in [0.2, 0.25) is 0 Å². The molecule has 1 fully saturated rings. The minimum absolute atomic E-state index is 0.126. The summed E-state index contributed by atoms with van der Waals surface area (Å²) in [6.07, 6.45) is 4.09. The fourth-order valence-corrected chi connectivity index (χ4v) is 5.41. The monoisotopic (exact) mass is 578 g/mol. The first-order chi connectivity index (χ1) is 20.6. The number of aromatic nitrogens is 5. The summed E-state index contributed by atoms with van der Waals surface area (Å²) in [5.41, 5.74) is 11.8. The van der Waals surface area contributed by atoms with Gasteiger partial charge in [0.05, 0.1) is 23.2 Å². The molecule has 0 spiro atoms. The molecule has 10 heteroatoms. The molecule has 0 radical (unpaired) electrons. The number of hydrogen-bond acceptors (Lipinski definition) is 8. The summed E-state index contributed by atoms with van der Waals surface area (Å²) in [6.45, 7) is 11.7. The van der Waals surface area contributed by atoms with E-state index >= 15 is 0 Å². The van der Waals surface area contributed by atoms with Crippen molar-refractivity contribution in [2.45, 2.75) is 58.9 Å². The number of carbonyl (C=O) groups excluding carboxylic acids is 1. The number of benzene rings is 2. The first-order valence-corrected chi connectivity index (χ1v) is 14.8. The van der Waals surface area contributed by atoms with Gasteiger partial charge in [-0.15, -0.1) is 0 Å². The lowest BCUT2D eigenvalue weighted by molar-refractivity contribution is -0.115. The number of likely N-dealkylation sites (tertiary alicyclic amines) is 1. The Hall–Kier alpha value is -4.57. The van der Waals surface area contributed by atoms with Gasteiger partial charge in [-0.05, 0) is 61.7 Å². The third-order valence-electron chi connectivity index (χ3n) is 8.04. The van der Waals surface area contributed by atoms with Crippen LogP contribution in [0.5, 0.6) is 0 Å². The zero-order chi connectivity index (χ0) is 30.1. The number of hydrogen-bond donors (Lipinski definition) is 2. The number of nitrogens with zero attached hydrogens (tertiary/aromatic N) is 6. The predicted octanol–water partition coefficient (Wildman–Crippen LogP) is 5.76. The highest BCUT2D eigenvalue weighted by atomic mass is 16.5. The molecule has 3 aromatic heterocycles. The molecule has 4 heterocycles. The Morgan fingerprint density at radius 2 is 1.77 bits per heavy atom. The molecule has 0 atom stereocenters. The maximum absolute atomic E-state index is 12.7. The van der Waals surface area contributed by atoms with Gasteiger partial charge in [-0.2, -0.15) is 5.10 Å². The molecule has 0 bridgehead atoms. The molecule has 1 aliphatic rings. The summed E-state index contributed by atoms with van der Waals surface area (Å²) in [4.78, 5) is 24.0. The van der Waals surface area contributed by atoms with E-state index in [1.165, 1.54) is 24.7 Å². The zero-order valence-corrected chi connectivity index (χ0v) is 25.2. The topological polar surface area (TPSA) is 128 Å². The molecule has 222 valence electrons. The van der Waals surface area contributed by atoms with Crippen LogP contribution >= 0.6 is 0 Å². The summed E-state index contributed by atoms with van der Waals surface area (Å²) in [7, 11) is 0. The lowest BCUT2D eigenvalue weighted by Gasteiger charge is -2.30. The van der Waals surface area contributed by atoms with Crippen LogP contribution in [0.25, 0.3) is 28.0 Å². The highest BCUT2D eigenvalue weighted by molar-refractivity contribution is 5.99. The lowest BCUT2D eigenvalue weighted by Crippen LogP contribution is -2.32. The Morgan fingerprint density at radius 1 is 1.05 bits per heavy atom. The van der Waals surface area contributed by atoms with E-state index in [9.17, 15) is 4.79 Å². The molecule has 10 nitrogen and oxygen atoms in total. The smallest absolute Gasteiger partial charge is 0.230 e. The van der Waals surface area contributed by atoms with E-state index in [-0.39, 0.29) is 17.7 Å². The van der Waals surface area contributed by atoms with Gasteiger partial charge in [0.15, 0.2) is 5.65 Å². The Morgan fingerprint density at radius 3 is 2.44 bits per heavy atom. The third kappa shape index (κ3) is 6.29.